The van der Waals surface area contributed by atoms with Gasteiger partial charge in [0.2, 0.25) is 6.79 Å². The second kappa shape index (κ2) is 7.21. The normalized spacial score (nSPS) is 17.0. The minimum absolute atomic E-state index is 0.0433. The molecule has 0 bridgehead atoms. The molecule has 4 rings (SSSR count). The lowest BCUT2D eigenvalue weighted by atomic mass is 10.0. The highest BCUT2D eigenvalue weighted by Gasteiger charge is 2.35. The summed E-state index contributed by atoms with van der Waals surface area (Å²) in [5.74, 6) is 0.435. The van der Waals surface area contributed by atoms with Crippen molar-refractivity contribution in [1.29, 1.82) is 0 Å². The number of methoxy groups -OCH3 is 1. The Bertz CT molecular complexity index is 1090. The molecule has 0 radical (unpaired) electrons. The molecule has 2 aromatic carbocycles. The fourth-order valence-electron chi connectivity index (χ4n) is 3.32. The van der Waals surface area contributed by atoms with Gasteiger partial charge >= 0.3 is 0 Å². The minimum atomic E-state index is -0.569. The first kappa shape index (κ1) is 18.9. The molecular weight excluding hydrogens is 392 g/mol. The molecule has 0 unspecified atom stereocenters. The van der Waals surface area contributed by atoms with E-state index in [1.54, 1.807) is 12.1 Å². The Morgan fingerprint density at radius 1 is 1.14 bits per heavy atom. The van der Waals surface area contributed by atoms with E-state index in [0.717, 1.165) is 11.1 Å². The topological polar surface area (TPSA) is 77.1 Å². The molecule has 2 aliphatic heterocycles. The second-order valence-electron chi connectivity index (χ2n) is 6.70. The Labute approximate surface area is 172 Å². The number of benzene rings is 2. The van der Waals surface area contributed by atoms with Crippen LogP contribution in [0.1, 0.15) is 16.7 Å². The molecule has 1 N–H and O–H groups in total. The summed E-state index contributed by atoms with van der Waals surface area (Å²) in [5.41, 5.74) is 3.01. The van der Waals surface area contributed by atoms with Crippen molar-refractivity contribution in [3.05, 3.63) is 52.6 Å². The number of rotatable bonds is 3. The predicted molar refractivity (Wildman–Crippen MR) is 111 cm³/mol. The van der Waals surface area contributed by atoms with E-state index in [2.05, 4.69) is 5.32 Å². The van der Waals surface area contributed by atoms with Gasteiger partial charge in [0.15, 0.2) is 16.6 Å². The Kier molecular flexibility index (Phi) is 4.71. The van der Waals surface area contributed by atoms with Crippen LogP contribution in [0.4, 0.5) is 5.69 Å². The van der Waals surface area contributed by atoms with Gasteiger partial charge in [-0.2, -0.15) is 0 Å². The highest BCUT2D eigenvalue weighted by atomic mass is 32.1. The van der Waals surface area contributed by atoms with Gasteiger partial charge in [-0.15, -0.1) is 0 Å². The molecule has 0 aliphatic carbocycles. The first-order chi connectivity index (χ1) is 13.9. The summed E-state index contributed by atoms with van der Waals surface area (Å²) in [6.45, 7) is 3.96. The smallest absolute Gasteiger partial charge is 0.270 e. The van der Waals surface area contributed by atoms with Crippen LogP contribution in [0.3, 0.4) is 0 Å². The molecule has 29 heavy (non-hydrogen) atoms. The van der Waals surface area contributed by atoms with Gasteiger partial charge in [-0.25, -0.2) is 0 Å². The zero-order chi connectivity index (χ0) is 20.7. The number of fused-ring (bicyclic) bond motifs is 1. The number of ether oxygens (including phenoxy) is 3. The van der Waals surface area contributed by atoms with Gasteiger partial charge < -0.3 is 14.2 Å². The lowest BCUT2D eigenvalue weighted by Crippen LogP contribution is -2.54. The summed E-state index contributed by atoms with van der Waals surface area (Å²) >= 11 is 5.27. The molecule has 2 heterocycles. The van der Waals surface area contributed by atoms with E-state index in [-0.39, 0.29) is 17.5 Å². The molecular formula is C21H18N2O5S. The van der Waals surface area contributed by atoms with Crippen molar-refractivity contribution in [2.75, 3.05) is 18.8 Å². The Hall–Kier alpha value is -3.39. The number of hydrogen-bond acceptors (Lipinski definition) is 6. The average molecular weight is 410 g/mol. The van der Waals surface area contributed by atoms with Gasteiger partial charge in [-0.05, 0) is 49.8 Å². The molecule has 2 aromatic rings. The standard InChI is InChI=1S/C21H18N2O5S/c1-11-4-5-15(12(2)6-11)23-20(25)14(19(24)22-21(23)29)7-13-8-17-18(28-10-27-17)9-16(13)26-3/h4-9H,10H2,1-3H3,(H,22,24,29)/b14-7-. The summed E-state index contributed by atoms with van der Waals surface area (Å²) < 4.78 is 16.1. The van der Waals surface area contributed by atoms with Gasteiger partial charge in [0.25, 0.3) is 11.8 Å². The van der Waals surface area contributed by atoms with Crippen LogP contribution < -0.4 is 24.4 Å². The first-order valence-electron chi connectivity index (χ1n) is 8.85. The van der Waals surface area contributed by atoms with E-state index in [9.17, 15) is 9.59 Å². The molecule has 0 spiro atoms. The first-order valence-corrected chi connectivity index (χ1v) is 9.26. The van der Waals surface area contributed by atoms with Crippen molar-refractivity contribution < 1.29 is 23.8 Å². The predicted octanol–water partition coefficient (Wildman–Crippen LogP) is 2.87. The van der Waals surface area contributed by atoms with Crippen LogP contribution >= 0.6 is 12.2 Å². The number of nitrogens with zero attached hydrogens (tertiary/aromatic N) is 1. The van der Waals surface area contributed by atoms with Crippen molar-refractivity contribution >= 4 is 40.9 Å². The fourth-order valence-corrected chi connectivity index (χ4v) is 3.59. The second-order valence-corrected chi connectivity index (χ2v) is 7.08. The van der Waals surface area contributed by atoms with Gasteiger partial charge in [0, 0.05) is 11.6 Å². The summed E-state index contributed by atoms with van der Waals surface area (Å²) in [6.07, 6.45) is 1.47. The van der Waals surface area contributed by atoms with Crippen molar-refractivity contribution in [2.24, 2.45) is 0 Å². The molecule has 148 valence electrons. The van der Waals surface area contributed by atoms with E-state index in [4.69, 9.17) is 26.4 Å². The third-order valence-electron chi connectivity index (χ3n) is 4.72. The summed E-state index contributed by atoms with van der Waals surface area (Å²) in [7, 11) is 1.50. The van der Waals surface area contributed by atoms with Crippen LogP contribution in [0.5, 0.6) is 17.2 Å². The van der Waals surface area contributed by atoms with Crippen molar-refractivity contribution in [1.82, 2.24) is 5.32 Å². The van der Waals surface area contributed by atoms with Gasteiger partial charge in [0.1, 0.15) is 11.3 Å². The molecule has 0 saturated carbocycles. The molecule has 1 fully saturated rings. The van der Waals surface area contributed by atoms with Crippen molar-refractivity contribution in [3.63, 3.8) is 0 Å². The van der Waals surface area contributed by atoms with Crippen molar-refractivity contribution in [2.45, 2.75) is 13.8 Å². The van der Waals surface area contributed by atoms with Crippen LogP contribution in [0.15, 0.2) is 35.9 Å². The van der Waals surface area contributed by atoms with E-state index in [1.165, 1.54) is 18.1 Å². The fraction of sp³-hybridized carbons (Fsp3) is 0.190. The average Bonchev–Trinajstić information content (AvgIpc) is 3.13. The Morgan fingerprint density at radius 2 is 1.86 bits per heavy atom. The largest absolute Gasteiger partial charge is 0.496 e. The van der Waals surface area contributed by atoms with Crippen LogP contribution in [0, 0.1) is 13.8 Å². The highest BCUT2D eigenvalue weighted by Crippen LogP contribution is 2.39. The molecule has 2 amide bonds. The number of amides is 2. The van der Waals surface area contributed by atoms with Crippen molar-refractivity contribution in [3.8, 4) is 17.2 Å². The molecule has 0 atom stereocenters. The number of carbonyl (C=O) groups excluding carboxylic acids is 2. The van der Waals surface area contributed by atoms with E-state index >= 15 is 0 Å². The molecule has 0 aromatic heterocycles. The number of anilines is 1. The summed E-state index contributed by atoms with van der Waals surface area (Å²) in [6, 6.07) is 8.98. The number of hydrogen-bond donors (Lipinski definition) is 1. The Morgan fingerprint density at radius 3 is 2.55 bits per heavy atom. The third kappa shape index (κ3) is 3.31. The minimum Gasteiger partial charge on any atom is -0.496 e. The SMILES string of the molecule is COc1cc2c(cc1/C=C1/C(=O)NC(=S)N(c3ccc(C)cc3C)C1=O)OCO2. The summed E-state index contributed by atoms with van der Waals surface area (Å²) in [4.78, 5) is 27.1. The maximum atomic E-state index is 13.2. The van der Waals surface area contributed by atoms with Crippen LogP contribution in [-0.2, 0) is 9.59 Å². The number of nitrogens with one attached hydrogen (secondary N) is 1. The molecule has 1 saturated heterocycles. The maximum absolute atomic E-state index is 13.2. The van der Waals surface area contributed by atoms with Crippen LogP contribution in [0.2, 0.25) is 0 Å². The van der Waals surface area contributed by atoms with E-state index in [1.807, 2.05) is 32.0 Å². The molecule has 2 aliphatic rings. The summed E-state index contributed by atoms with van der Waals surface area (Å²) in [5, 5.41) is 2.64. The lowest BCUT2D eigenvalue weighted by Gasteiger charge is -2.30. The zero-order valence-corrected chi connectivity index (χ0v) is 16.9. The zero-order valence-electron chi connectivity index (χ0n) is 16.1. The van der Waals surface area contributed by atoms with Crippen LogP contribution in [-0.4, -0.2) is 30.8 Å². The lowest BCUT2D eigenvalue weighted by molar-refractivity contribution is -0.122. The number of carbonyl (C=O) groups is 2. The van der Waals surface area contributed by atoms with Gasteiger partial charge in [-0.3, -0.25) is 19.8 Å². The number of thiocarbonyl (C=S) groups is 1. The monoisotopic (exact) mass is 410 g/mol. The van der Waals surface area contributed by atoms with Gasteiger partial charge in [0.05, 0.1) is 12.8 Å². The number of aryl methyl sites for hydroxylation is 2. The maximum Gasteiger partial charge on any atom is 0.270 e. The molecule has 8 heteroatoms. The highest BCUT2D eigenvalue weighted by molar-refractivity contribution is 7.80. The van der Waals surface area contributed by atoms with Gasteiger partial charge in [-0.1, -0.05) is 17.7 Å². The third-order valence-corrected chi connectivity index (χ3v) is 5.00. The molecule has 7 nitrogen and oxygen atoms in total. The Balaban J connectivity index is 1.78. The van der Waals surface area contributed by atoms with Crippen LogP contribution in [0.25, 0.3) is 6.08 Å². The van der Waals surface area contributed by atoms with E-state index < -0.39 is 11.8 Å². The quantitative estimate of drug-likeness (QED) is 0.476. The van der Waals surface area contributed by atoms with E-state index in [0.29, 0.717) is 28.5 Å².